The van der Waals surface area contributed by atoms with Gasteiger partial charge < -0.3 is 5.73 Å². The van der Waals surface area contributed by atoms with Crippen LogP contribution in [-0.2, 0) is 6.54 Å². The molecule has 0 amide bonds. The zero-order valence-electron chi connectivity index (χ0n) is 15.1. The lowest BCUT2D eigenvalue weighted by atomic mass is 9.92. The van der Waals surface area contributed by atoms with Crippen molar-refractivity contribution in [1.82, 2.24) is 4.98 Å². The van der Waals surface area contributed by atoms with Crippen molar-refractivity contribution < 1.29 is 13.2 Å². The van der Waals surface area contributed by atoms with E-state index < -0.39 is 29.6 Å². The quantitative estimate of drug-likeness (QED) is 0.461. The van der Waals surface area contributed by atoms with Crippen molar-refractivity contribution in [3.63, 3.8) is 0 Å². The van der Waals surface area contributed by atoms with Gasteiger partial charge in [0.25, 0.3) is 0 Å². The molecule has 140 valence electrons. The minimum Gasteiger partial charge on any atom is -0.326 e. The first kappa shape index (κ1) is 18.2. The molecule has 2 N–H and O–H groups in total. The summed E-state index contributed by atoms with van der Waals surface area (Å²) in [5, 5.41) is 0.900. The molecule has 3 aromatic carbocycles. The molecule has 0 fully saturated rings. The normalized spacial score (nSPS) is 11.2. The number of hydrogen-bond acceptors (Lipinski definition) is 2. The van der Waals surface area contributed by atoms with Crippen LogP contribution in [0.25, 0.3) is 33.3 Å². The number of rotatable bonds is 3. The van der Waals surface area contributed by atoms with E-state index >= 15 is 0 Å². The van der Waals surface area contributed by atoms with Gasteiger partial charge in [0.15, 0.2) is 11.6 Å². The molecule has 0 aliphatic heterocycles. The molecule has 4 aromatic rings. The molecule has 0 bridgehead atoms. The molecule has 0 atom stereocenters. The average Bonchev–Trinajstić information content (AvgIpc) is 2.71. The van der Waals surface area contributed by atoms with Crippen LogP contribution in [0.1, 0.15) is 11.1 Å². The Morgan fingerprint density at radius 3 is 2.29 bits per heavy atom. The van der Waals surface area contributed by atoms with Crippen molar-refractivity contribution >= 4 is 10.9 Å². The van der Waals surface area contributed by atoms with Crippen molar-refractivity contribution in [2.24, 2.45) is 5.73 Å². The summed E-state index contributed by atoms with van der Waals surface area (Å²) in [5.74, 6) is -3.29. The van der Waals surface area contributed by atoms with Gasteiger partial charge in [-0.1, -0.05) is 48.5 Å². The maximum Gasteiger partial charge on any atom is 0.166 e. The molecule has 0 saturated heterocycles. The number of para-hydroxylation sites is 1. The second kappa shape index (κ2) is 7.09. The first-order chi connectivity index (χ1) is 13.5. The minimum absolute atomic E-state index is 0.0974. The van der Waals surface area contributed by atoms with E-state index in [-0.39, 0.29) is 11.3 Å². The highest BCUT2D eigenvalue weighted by molar-refractivity contribution is 5.99. The molecule has 2 nitrogen and oxygen atoms in total. The molecule has 4 rings (SSSR count). The molecule has 28 heavy (non-hydrogen) atoms. The Balaban J connectivity index is 2.11. The summed E-state index contributed by atoms with van der Waals surface area (Å²) < 4.78 is 43.1. The van der Waals surface area contributed by atoms with Crippen molar-refractivity contribution in [3.05, 3.63) is 89.2 Å². The number of nitrogens with zero attached hydrogens (tertiary/aromatic N) is 1. The van der Waals surface area contributed by atoms with E-state index in [9.17, 15) is 13.2 Å². The summed E-state index contributed by atoms with van der Waals surface area (Å²) in [6.07, 6.45) is 0. The van der Waals surface area contributed by atoms with Crippen LogP contribution in [0.4, 0.5) is 13.2 Å². The fraction of sp³-hybridized carbons (Fsp3) is 0.0870. The van der Waals surface area contributed by atoms with Crippen LogP contribution in [0.3, 0.4) is 0 Å². The SMILES string of the molecule is Cc1c(-c2cc(F)c(F)c(CN)c2F)nc2ccccc2c1-c1ccccc1. The third kappa shape index (κ3) is 2.84. The zero-order chi connectivity index (χ0) is 19.8. The summed E-state index contributed by atoms with van der Waals surface area (Å²) in [5.41, 5.74) is 8.26. The fourth-order valence-electron chi connectivity index (χ4n) is 3.55. The lowest BCUT2D eigenvalue weighted by Crippen LogP contribution is -2.08. The van der Waals surface area contributed by atoms with E-state index in [0.29, 0.717) is 11.1 Å². The highest BCUT2D eigenvalue weighted by atomic mass is 19.2. The number of hydrogen-bond donors (Lipinski definition) is 1. The van der Waals surface area contributed by atoms with Crippen molar-refractivity contribution in [3.8, 4) is 22.4 Å². The Hall–Kier alpha value is -3.18. The van der Waals surface area contributed by atoms with Gasteiger partial charge in [0.1, 0.15) is 5.82 Å². The monoisotopic (exact) mass is 378 g/mol. The van der Waals surface area contributed by atoms with Gasteiger partial charge in [-0.3, -0.25) is 0 Å². The third-order valence-electron chi connectivity index (χ3n) is 4.90. The maximum atomic E-state index is 15.0. The summed E-state index contributed by atoms with van der Waals surface area (Å²) >= 11 is 0. The number of pyridine rings is 1. The van der Waals surface area contributed by atoms with Gasteiger partial charge in [-0.15, -0.1) is 0 Å². The summed E-state index contributed by atoms with van der Waals surface area (Å²) in [6, 6.07) is 18.0. The summed E-state index contributed by atoms with van der Waals surface area (Å²) in [6.45, 7) is 1.36. The van der Waals surface area contributed by atoms with Gasteiger partial charge in [0.05, 0.1) is 11.2 Å². The number of aromatic nitrogens is 1. The Morgan fingerprint density at radius 2 is 1.57 bits per heavy atom. The van der Waals surface area contributed by atoms with Crippen LogP contribution in [0, 0.1) is 24.4 Å². The zero-order valence-corrected chi connectivity index (χ0v) is 15.1. The van der Waals surface area contributed by atoms with Gasteiger partial charge in [-0.05, 0) is 35.7 Å². The first-order valence-electron chi connectivity index (χ1n) is 8.84. The Bertz CT molecular complexity index is 1190. The number of fused-ring (bicyclic) bond motifs is 1. The van der Waals surface area contributed by atoms with Crippen LogP contribution >= 0.6 is 0 Å². The van der Waals surface area contributed by atoms with E-state index in [2.05, 4.69) is 4.98 Å². The van der Waals surface area contributed by atoms with Gasteiger partial charge in [-0.2, -0.15) is 0 Å². The number of nitrogens with two attached hydrogens (primary N) is 1. The lowest BCUT2D eigenvalue weighted by Gasteiger charge is -2.17. The van der Waals surface area contributed by atoms with E-state index in [4.69, 9.17) is 5.73 Å². The van der Waals surface area contributed by atoms with Gasteiger partial charge in [-0.25, -0.2) is 18.2 Å². The van der Waals surface area contributed by atoms with Gasteiger partial charge >= 0.3 is 0 Å². The number of halogens is 3. The lowest BCUT2D eigenvalue weighted by molar-refractivity contribution is 0.481. The topological polar surface area (TPSA) is 38.9 Å². The maximum absolute atomic E-state index is 15.0. The smallest absolute Gasteiger partial charge is 0.166 e. The van der Waals surface area contributed by atoms with Crippen molar-refractivity contribution in [2.75, 3.05) is 0 Å². The van der Waals surface area contributed by atoms with Crippen molar-refractivity contribution in [2.45, 2.75) is 13.5 Å². The standard InChI is InChI=1S/C23H17F3N2/c1-13-20(14-7-3-2-4-8-14)15-9-5-6-10-19(15)28-23(13)16-11-18(24)22(26)17(12-27)21(16)25/h2-11H,12,27H2,1H3. The number of benzene rings is 3. The Labute approximate surface area is 160 Å². The molecular weight excluding hydrogens is 361 g/mol. The largest absolute Gasteiger partial charge is 0.326 e. The van der Waals surface area contributed by atoms with Gasteiger partial charge in [0, 0.05) is 23.1 Å². The second-order valence-corrected chi connectivity index (χ2v) is 6.56. The fourth-order valence-corrected chi connectivity index (χ4v) is 3.55. The highest BCUT2D eigenvalue weighted by Crippen LogP contribution is 2.38. The highest BCUT2D eigenvalue weighted by Gasteiger charge is 2.22. The van der Waals surface area contributed by atoms with Crippen LogP contribution in [0.2, 0.25) is 0 Å². The van der Waals surface area contributed by atoms with E-state index in [1.54, 1.807) is 6.92 Å². The molecular formula is C23H17F3N2. The predicted octanol–water partition coefficient (Wildman–Crippen LogP) is 5.75. The van der Waals surface area contributed by atoms with Crippen LogP contribution in [0.5, 0.6) is 0 Å². The van der Waals surface area contributed by atoms with E-state index in [1.165, 1.54) is 0 Å². The molecule has 0 unspecified atom stereocenters. The predicted molar refractivity (Wildman–Crippen MR) is 105 cm³/mol. The molecule has 0 spiro atoms. The van der Waals surface area contributed by atoms with E-state index in [0.717, 1.165) is 22.6 Å². The van der Waals surface area contributed by atoms with Gasteiger partial charge in [0.2, 0.25) is 0 Å². The Kier molecular flexibility index (Phi) is 4.61. The first-order valence-corrected chi connectivity index (χ1v) is 8.84. The Morgan fingerprint density at radius 1 is 0.893 bits per heavy atom. The molecule has 0 aliphatic carbocycles. The molecule has 1 heterocycles. The second-order valence-electron chi connectivity index (χ2n) is 6.56. The minimum atomic E-state index is -1.26. The molecule has 5 heteroatoms. The summed E-state index contributed by atoms with van der Waals surface area (Å²) in [4.78, 5) is 4.57. The summed E-state index contributed by atoms with van der Waals surface area (Å²) in [7, 11) is 0. The molecule has 0 aliphatic rings. The average molecular weight is 378 g/mol. The van der Waals surface area contributed by atoms with Crippen LogP contribution < -0.4 is 5.73 Å². The third-order valence-corrected chi connectivity index (χ3v) is 4.90. The molecule has 0 radical (unpaired) electrons. The molecule has 1 aromatic heterocycles. The van der Waals surface area contributed by atoms with E-state index in [1.807, 2.05) is 54.6 Å². The van der Waals surface area contributed by atoms with Crippen molar-refractivity contribution in [1.29, 1.82) is 0 Å². The van der Waals surface area contributed by atoms with Crippen LogP contribution in [-0.4, -0.2) is 4.98 Å². The van der Waals surface area contributed by atoms with Crippen LogP contribution in [0.15, 0.2) is 60.7 Å². The molecule has 0 saturated carbocycles.